The molecule has 0 fully saturated rings. The predicted octanol–water partition coefficient (Wildman–Crippen LogP) is 3.82. The fourth-order valence-electron chi connectivity index (χ4n) is 3.04. The van der Waals surface area contributed by atoms with Gasteiger partial charge < -0.3 is 15.5 Å². The van der Waals surface area contributed by atoms with Crippen LogP contribution >= 0.6 is 11.3 Å². The van der Waals surface area contributed by atoms with E-state index < -0.39 is 23.7 Å². The Kier molecular flexibility index (Phi) is 5.01. The van der Waals surface area contributed by atoms with Crippen LogP contribution in [0.2, 0.25) is 0 Å². The van der Waals surface area contributed by atoms with Crippen LogP contribution in [0.25, 0.3) is 21.5 Å². The van der Waals surface area contributed by atoms with Crippen LogP contribution in [0, 0.1) is 6.92 Å². The fourth-order valence-corrected chi connectivity index (χ4v) is 4.05. The molecule has 0 spiro atoms. The highest BCUT2D eigenvalue weighted by Gasteiger charge is 2.35. The number of hydrogen-bond donors (Lipinski definition) is 2. The second kappa shape index (κ2) is 7.54. The summed E-state index contributed by atoms with van der Waals surface area (Å²) >= 11 is 0.662. The van der Waals surface area contributed by atoms with Crippen LogP contribution in [0.15, 0.2) is 41.1 Å². The third-order valence-corrected chi connectivity index (χ3v) is 5.41. The van der Waals surface area contributed by atoms with Crippen LogP contribution in [0.3, 0.4) is 0 Å². The monoisotopic (exact) mass is 449 g/mol. The van der Waals surface area contributed by atoms with Gasteiger partial charge in [0.2, 0.25) is 5.91 Å². The van der Waals surface area contributed by atoms with Crippen LogP contribution in [0.5, 0.6) is 0 Å². The van der Waals surface area contributed by atoms with Crippen molar-refractivity contribution in [3.8, 4) is 11.3 Å². The number of furan rings is 1. The Labute approximate surface area is 176 Å². The number of anilines is 1. The molecule has 160 valence electrons. The number of aryl methyl sites for hydroxylation is 1. The van der Waals surface area contributed by atoms with Crippen LogP contribution in [0.1, 0.15) is 21.1 Å². The van der Waals surface area contributed by atoms with Gasteiger partial charge in [-0.25, -0.2) is 4.98 Å². The van der Waals surface area contributed by atoms with Gasteiger partial charge in [-0.3, -0.25) is 14.3 Å². The van der Waals surface area contributed by atoms with E-state index in [0.29, 0.717) is 17.0 Å². The van der Waals surface area contributed by atoms with Crippen molar-refractivity contribution in [3.05, 3.63) is 53.0 Å². The first kappa shape index (κ1) is 20.6. The third-order valence-electron chi connectivity index (χ3n) is 4.31. The molecule has 0 aliphatic carbocycles. The lowest BCUT2D eigenvalue weighted by Crippen LogP contribution is -2.21. The summed E-state index contributed by atoms with van der Waals surface area (Å²) in [5.74, 6) is -1.34. The van der Waals surface area contributed by atoms with E-state index in [2.05, 4.69) is 15.4 Å². The summed E-state index contributed by atoms with van der Waals surface area (Å²) in [6.07, 6.45) is -1.83. The largest absolute Gasteiger partial charge is 0.464 e. The summed E-state index contributed by atoms with van der Waals surface area (Å²) in [6, 6.07) is 5.49. The Morgan fingerprint density at radius 1 is 1.32 bits per heavy atom. The van der Waals surface area contributed by atoms with Crippen LogP contribution in [-0.2, 0) is 17.5 Å². The lowest BCUT2D eigenvalue weighted by molar-refractivity contribution is -0.140. The number of thiophene rings is 1. The number of aromatic nitrogens is 3. The number of alkyl halides is 3. The van der Waals surface area contributed by atoms with Gasteiger partial charge in [-0.05, 0) is 31.2 Å². The predicted molar refractivity (Wildman–Crippen MR) is 106 cm³/mol. The Bertz CT molecular complexity index is 1290. The normalized spacial score (nSPS) is 11.7. The standard InChI is InChI=1S/C19H14F3N5O3S/c1-9-4-5-27(26-9)8-13(28)25-15-14-10(11-3-2-6-30-11)7-12(19(20,21)22)24-18(14)31-16(15)17(23)29/h2-7H,8H2,1H3,(H2,23,29)(H,25,28). The number of pyridine rings is 1. The lowest BCUT2D eigenvalue weighted by atomic mass is 10.1. The maximum absolute atomic E-state index is 13.4. The van der Waals surface area contributed by atoms with Crippen LogP contribution < -0.4 is 11.1 Å². The zero-order chi connectivity index (χ0) is 22.3. The molecule has 0 aliphatic heterocycles. The number of halogens is 3. The van der Waals surface area contributed by atoms with Gasteiger partial charge in [-0.15, -0.1) is 11.3 Å². The number of primary amides is 1. The van der Waals surface area contributed by atoms with Crippen molar-refractivity contribution < 1.29 is 27.2 Å². The van der Waals surface area contributed by atoms with E-state index in [1.165, 1.54) is 23.1 Å². The fraction of sp³-hybridized carbons (Fsp3) is 0.158. The number of fused-ring (bicyclic) bond motifs is 1. The Balaban J connectivity index is 1.87. The van der Waals surface area contributed by atoms with Gasteiger partial charge in [0, 0.05) is 17.1 Å². The van der Waals surface area contributed by atoms with E-state index in [1.54, 1.807) is 19.2 Å². The van der Waals surface area contributed by atoms with Gasteiger partial charge >= 0.3 is 6.18 Å². The summed E-state index contributed by atoms with van der Waals surface area (Å²) in [6.45, 7) is 1.58. The van der Waals surface area contributed by atoms with Crippen molar-refractivity contribution in [1.82, 2.24) is 14.8 Å². The summed E-state index contributed by atoms with van der Waals surface area (Å²) in [7, 11) is 0. The second-order valence-corrected chi connectivity index (χ2v) is 7.58. The van der Waals surface area contributed by atoms with Gasteiger partial charge in [0.1, 0.15) is 27.7 Å². The average molecular weight is 449 g/mol. The van der Waals surface area contributed by atoms with Gasteiger partial charge in [0.25, 0.3) is 5.91 Å². The number of nitrogens with zero attached hydrogens (tertiary/aromatic N) is 3. The number of nitrogens with one attached hydrogen (secondary N) is 1. The molecule has 0 saturated carbocycles. The van der Waals surface area contributed by atoms with E-state index in [4.69, 9.17) is 10.2 Å². The molecule has 4 heterocycles. The third kappa shape index (κ3) is 4.01. The number of hydrogen-bond acceptors (Lipinski definition) is 6. The molecular formula is C19H14F3N5O3S. The molecule has 0 aliphatic rings. The number of carbonyl (C=O) groups is 2. The molecule has 8 nitrogen and oxygen atoms in total. The summed E-state index contributed by atoms with van der Waals surface area (Å²) < 4.78 is 46.9. The molecule has 0 bridgehead atoms. The quantitative estimate of drug-likeness (QED) is 0.481. The van der Waals surface area contributed by atoms with Crippen LogP contribution in [-0.4, -0.2) is 26.6 Å². The van der Waals surface area contributed by atoms with Crippen molar-refractivity contribution >= 4 is 39.1 Å². The van der Waals surface area contributed by atoms with Crippen LogP contribution in [0.4, 0.5) is 18.9 Å². The van der Waals surface area contributed by atoms with Gasteiger partial charge in [0.05, 0.1) is 17.6 Å². The minimum atomic E-state index is -4.73. The molecule has 0 aromatic carbocycles. The first-order valence-electron chi connectivity index (χ1n) is 8.82. The number of amides is 2. The Morgan fingerprint density at radius 3 is 2.68 bits per heavy atom. The molecule has 0 radical (unpaired) electrons. The molecule has 4 aromatic rings. The zero-order valence-electron chi connectivity index (χ0n) is 15.9. The summed E-state index contributed by atoms with van der Waals surface area (Å²) in [5, 5.41) is 6.82. The van der Waals surface area contributed by atoms with Gasteiger partial charge in [-0.2, -0.15) is 18.3 Å². The summed E-state index contributed by atoms with van der Waals surface area (Å²) in [5.41, 5.74) is 4.98. The number of rotatable bonds is 5. The van der Waals surface area contributed by atoms with E-state index in [9.17, 15) is 22.8 Å². The molecule has 0 saturated heterocycles. The minimum absolute atomic E-state index is 0.0194. The molecule has 12 heteroatoms. The number of nitrogens with two attached hydrogens (primary N) is 1. The van der Waals surface area contributed by atoms with Crippen molar-refractivity contribution in [2.75, 3.05) is 5.32 Å². The van der Waals surface area contributed by atoms with Crippen molar-refractivity contribution in [1.29, 1.82) is 0 Å². The van der Waals surface area contributed by atoms with Crippen molar-refractivity contribution in [3.63, 3.8) is 0 Å². The number of carbonyl (C=O) groups excluding carboxylic acids is 2. The Morgan fingerprint density at radius 2 is 2.10 bits per heavy atom. The zero-order valence-corrected chi connectivity index (χ0v) is 16.7. The van der Waals surface area contributed by atoms with Crippen molar-refractivity contribution in [2.24, 2.45) is 5.73 Å². The van der Waals surface area contributed by atoms with E-state index in [0.717, 1.165) is 6.07 Å². The maximum Gasteiger partial charge on any atom is 0.433 e. The highest BCUT2D eigenvalue weighted by molar-refractivity contribution is 7.21. The lowest BCUT2D eigenvalue weighted by Gasteiger charge is -2.11. The SMILES string of the molecule is Cc1ccn(CC(=O)Nc2c(C(N)=O)sc3nc(C(F)(F)F)cc(-c4ccco4)c23)n1. The van der Waals surface area contributed by atoms with E-state index >= 15 is 0 Å². The van der Waals surface area contributed by atoms with Gasteiger partial charge in [0.15, 0.2) is 0 Å². The molecule has 4 rings (SSSR count). The molecular weight excluding hydrogens is 435 g/mol. The highest BCUT2D eigenvalue weighted by Crippen LogP contribution is 2.43. The second-order valence-electron chi connectivity index (χ2n) is 6.58. The Hall–Kier alpha value is -3.67. The molecule has 0 atom stereocenters. The summed E-state index contributed by atoms with van der Waals surface area (Å²) in [4.78, 5) is 28.0. The highest BCUT2D eigenvalue weighted by atomic mass is 32.1. The molecule has 2 amide bonds. The smallest absolute Gasteiger partial charge is 0.433 e. The maximum atomic E-state index is 13.4. The molecule has 31 heavy (non-hydrogen) atoms. The first-order valence-corrected chi connectivity index (χ1v) is 9.63. The van der Waals surface area contributed by atoms with Crippen molar-refractivity contribution in [2.45, 2.75) is 19.6 Å². The average Bonchev–Trinajstić information content (AvgIpc) is 3.41. The molecule has 4 aromatic heterocycles. The van der Waals surface area contributed by atoms with E-state index in [1.807, 2.05) is 0 Å². The van der Waals surface area contributed by atoms with E-state index in [-0.39, 0.29) is 38.6 Å². The molecule has 0 unspecified atom stereocenters. The van der Waals surface area contributed by atoms with Gasteiger partial charge in [-0.1, -0.05) is 0 Å². The first-order chi connectivity index (χ1) is 14.6. The minimum Gasteiger partial charge on any atom is -0.464 e. The molecule has 3 N–H and O–H groups in total. The topological polar surface area (TPSA) is 116 Å².